The molecule has 0 saturated carbocycles. The Kier molecular flexibility index (Phi) is 5.44. The maximum Gasteiger partial charge on any atom is 0.357 e. The summed E-state index contributed by atoms with van der Waals surface area (Å²) in [4.78, 5) is 10.4. The molecule has 1 heterocycles. The second-order valence-corrected chi connectivity index (χ2v) is 7.68. The van der Waals surface area contributed by atoms with Crippen LogP contribution in [0.3, 0.4) is 0 Å². The molecule has 1 aromatic heterocycles. The number of sulfonamides is 2. The normalized spacial score (nSPS) is 12.5. The van der Waals surface area contributed by atoms with Crippen molar-refractivity contribution >= 4 is 26.0 Å². The number of nitrogens with one attached hydrogen (secondary N) is 3. The van der Waals surface area contributed by atoms with Crippen molar-refractivity contribution in [1.82, 2.24) is 19.6 Å². The van der Waals surface area contributed by atoms with E-state index in [0.29, 0.717) is 0 Å². The predicted molar refractivity (Wildman–Crippen MR) is 72.9 cm³/mol. The van der Waals surface area contributed by atoms with Crippen LogP contribution in [-0.2, 0) is 20.0 Å². The van der Waals surface area contributed by atoms with Gasteiger partial charge in [0.05, 0.1) is 11.4 Å². The molecule has 0 atom stereocenters. The van der Waals surface area contributed by atoms with Crippen LogP contribution in [0.5, 0.6) is 0 Å². The van der Waals surface area contributed by atoms with Crippen LogP contribution in [0.15, 0.2) is 4.90 Å². The average molecular weight is 340 g/mol. The van der Waals surface area contributed by atoms with Gasteiger partial charge in [0.1, 0.15) is 4.90 Å². The van der Waals surface area contributed by atoms with Crippen LogP contribution in [0.1, 0.15) is 23.1 Å². The number of aromatic carboxylic acids is 1. The lowest BCUT2D eigenvalue weighted by molar-refractivity contribution is 0.0686. The summed E-state index contributed by atoms with van der Waals surface area (Å²) in [6.07, 6.45) is 0. The fraction of sp³-hybridized carbons (Fsp3) is 0.556. The Bertz CT molecular complexity index is 721. The van der Waals surface area contributed by atoms with E-state index < -0.39 is 42.4 Å². The zero-order valence-electron chi connectivity index (χ0n) is 11.4. The smallest absolute Gasteiger partial charge is 0.357 e. The van der Waals surface area contributed by atoms with Gasteiger partial charge in [0, 0.05) is 13.1 Å². The Labute approximate surface area is 122 Å². The number of carboxylic acid groups (broad SMARTS) is 1. The van der Waals surface area contributed by atoms with Crippen LogP contribution in [-0.4, -0.2) is 57.0 Å². The molecule has 0 aliphatic carbocycles. The zero-order valence-corrected chi connectivity index (χ0v) is 13.0. The van der Waals surface area contributed by atoms with Crippen LogP contribution in [0.4, 0.5) is 0 Å². The molecule has 1 rings (SSSR count). The molecular weight excluding hydrogens is 324 g/mol. The Balaban J connectivity index is 2.89. The fourth-order valence-corrected chi connectivity index (χ4v) is 4.00. The number of hydrogen-bond acceptors (Lipinski definition) is 6. The standard InChI is InChI=1S/C9H16N4O6S2/c1-3-10-20(16,17)5-4-11-21(18,19)8-6(2)12-13-7(8)9(14)15/h10-11H,3-5H2,1-2H3,(H,12,13)(H,14,15). The molecule has 12 heteroatoms. The first kappa shape index (κ1) is 17.6. The van der Waals surface area contributed by atoms with Crippen molar-refractivity contribution in [1.29, 1.82) is 0 Å². The minimum absolute atomic E-state index is 0.0504. The third-order valence-corrected chi connectivity index (χ3v) is 5.48. The Morgan fingerprint density at radius 2 is 1.90 bits per heavy atom. The van der Waals surface area contributed by atoms with Gasteiger partial charge < -0.3 is 5.11 Å². The lowest BCUT2D eigenvalue weighted by atomic mass is 10.4. The van der Waals surface area contributed by atoms with Crippen LogP contribution >= 0.6 is 0 Å². The fourth-order valence-electron chi connectivity index (χ4n) is 1.57. The lowest BCUT2D eigenvalue weighted by Gasteiger charge is -2.07. The highest BCUT2D eigenvalue weighted by Gasteiger charge is 2.28. The van der Waals surface area contributed by atoms with E-state index in [9.17, 15) is 21.6 Å². The molecule has 0 amide bonds. The van der Waals surface area contributed by atoms with Gasteiger partial charge in [0.2, 0.25) is 20.0 Å². The zero-order chi connectivity index (χ0) is 16.3. The van der Waals surface area contributed by atoms with Crippen LogP contribution in [0.2, 0.25) is 0 Å². The van der Waals surface area contributed by atoms with E-state index in [1.54, 1.807) is 6.92 Å². The number of aromatic amines is 1. The van der Waals surface area contributed by atoms with Crippen LogP contribution in [0, 0.1) is 6.92 Å². The second kappa shape index (κ2) is 6.51. The molecule has 0 saturated heterocycles. The summed E-state index contributed by atoms with van der Waals surface area (Å²) in [6.45, 7) is 2.75. The first-order chi connectivity index (χ1) is 9.60. The molecule has 10 nitrogen and oxygen atoms in total. The largest absolute Gasteiger partial charge is 0.476 e. The van der Waals surface area contributed by atoms with Crippen molar-refractivity contribution in [3.05, 3.63) is 11.4 Å². The topological polar surface area (TPSA) is 158 Å². The van der Waals surface area contributed by atoms with Crippen LogP contribution in [0.25, 0.3) is 0 Å². The molecule has 0 bridgehead atoms. The Morgan fingerprint density at radius 1 is 1.29 bits per heavy atom. The Hall–Kier alpha value is -1.50. The van der Waals surface area contributed by atoms with Gasteiger partial charge in [0.15, 0.2) is 5.69 Å². The quantitative estimate of drug-likeness (QED) is 0.454. The number of H-pyrrole nitrogens is 1. The molecule has 0 unspecified atom stereocenters. The molecule has 4 N–H and O–H groups in total. The van der Waals surface area contributed by atoms with Crippen molar-refractivity contribution in [2.75, 3.05) is 18.8 Å². The van der Waals surface area contributed by atoms with E-state index in [4.69, 9.17) is 5.11 Å². The summed E-state index contributed by atoms with van der Waals surface area (Å²) >= 11 is 0. The predicted octanol–water partition coefficient (Wildman–Crippen LogP) is -1.37. The second-order valence-electron chi connectivity index (χ2n) is 4.05. The van der Waals surface area contributed by atoms with Crippen molar-refractivity contribution in [2.24, 2.45) is 0 Å². The summed E-state index contributed by atoms with van der Waals surface area (Å²) in [7, 11) is -7.75. The third-order valence-electron chi connectivity index (χ3n) is 2.39. The molecule has 0 fully saturated rings. The number of carboxylic acids is 1. The molecule has 0 aliphatic rings. The van der Waals surface area contributed by atoms with Gasteiger partial charge in [-0.15, -0.1) is 0 Å². The van der Waals surface area contributed by atoms with Crippen LogP contribution < -0.4 is 9.44 Å². The molecule has 1 aromatic rings. The monoisotopic (exact) mass is 340 g/mol. The SMILES string of the molecule is CCNS(=O)(=O)CCNS(=O)(=O)c1c(C(=O)O)n[nH]c1C. The van der Waals surface area contributed by atoms with Gasteiger partial charge in [-0.05, 0) is 6.92 Å². The molecule has 0 radical (unpaired) electrons. The van der Waals surface area contributed by atoms with Gasteiger partial charge in [-0.25, -0.2) is 31.1 Å². The highest BCUT2D eigenvalue weighted by Crippen LogP contribution is 2.17. The average Bonchev–Trinajstić information content (AvgIpc) is 2.71. The number of aryl methyl sites for hydroxylation is 1. The number of carbonyl (C=O) groups is 1. The molecule has 0 aliphatic heterocycles. The summed E-state index contributed by atoms with van der Waals surface area (Å²) in [5.74, 6) is -1.96. The minimum atomic E-state index is -4.18. The maximum atomic E-state index is 12.0. The summed E-state index contributed by atoms with van der Waals surface area (Å²) in [5, 5.41) is 14.6. The van der Waals surface area contributed by atoms with Gasteiger partial charge >= 0.3 is 5.97 Å². The molecule has 120 valence electrons. The van der Waals surface area contributed by atoms with E-state index in [2.05, 4.69) is 14.9 Å². The molecule has 0 spiro atoms. The van der Waals surface area contributed by atoms with E-state index in [0.717, 1.165) is 0 Å². The summed E-state index contributed by atoms with van der Waals surface area (Å²) < 4.78 is 51.1. The number of hydrogen-bond donors (Lipinski definition) is 4. The van der Waals surface area contributed by atoms with Crippen molar-refractivity contribution in [3.63, 3.8) is 0 Å². The van der Waals surface area contributed by atoms with Crippen molar-refractivity contribution in [3.8, 4) is 0 Å². The number of rotatable bonds is 8. The number of aromatic nitrogens is 2. The highest BCUT2D eigenvalue weighted by atomic mass is 32.2. The van der Waals surface area contributed by atoms with E-state index in [1.165, 1.54) is 6.92 Å². The number of nitrogens with zero attached hydrogens (tertiary/aromatic N) is 1. The minimum Gasteiger partial charge on any atom is -0.476 e. The van der Waals surface area contributed by atoms with Crippen molar-refractivity contribution in [2.45, 2.75) is 18.7 Å². The summed E-state index contributed by atoms with van der Waals surface area (Å²) in [6, 6.07) is 0. The van der Waals surface area contributed by atoms with Gasteiger partial charge in [-0.2, -0.15) is 5.10 Å². The van der Waals surface area contributed by atoms with Gasteiger partial charge in [-0.1, -0.05) is 6.92 Å². The van der Waals surface area contributed by atoms with E-state index >= 15 is 0 Å². The van der Waals surface area contributed by atoms with Gasteiger partial charge in [-0.3, -0.25) is 5.10 Å². The van der Waals surface area contributed by atoms with E-state index in [1.807, 2.05) is 4.72 Å². The van der Waals surface area contributed by atoms with Gasteiger partial charge in [0.25, 0.3) is 0 Å². The lowest BCUT2D eigenvalue weighted by Crippen LogP contribution is -2.34. The Morgan fingerprint density at radius 3 is 2.43 bits per heavy atom. The summed E-state index contributed by atoms with van der Waals surface area (Å²) in [5.41, 5.74) is -0.594. The van der Waals surface area contributed by atoms with E-state index in [-0.39, 0.29) is 18.8 Å². The molecule has 0 aromatic carbocycles. The van der Waals surface area contributed by atoms with Crippen molar-refractivity contribution < 1.29 is 26.7 Å². The highest BCUT2D eigenvalue weighted by molar-refractivity contribution is 7.90. The molecular formula is C9H16N4O6S2. The first-order valence-electron chi connectivity index (χ1n) is 5.86. The molecule has 21 heavy (non-hydrogen) atoms. The first-order valence-corrected chi connectivity index (χ1v) is 8.99. The maximum absolute atomic E-state index is 12.0. The third kappa shape index (κ3) is 4.49.